The van der Waals surface area contributed by atoms with Crippen LogP contribution in [0, 0.1) is 10.1 Å². The summed E-state index contributed by atoms with van der Waals surface area (Å²) in [6, 6.07) is 5.53. The molecule has 0 saturated heterocycles. The molecule has 3 aromatic rings. The minimum atomic E-state index is -0.504. The molecule has 0 aliphatic rings. The van der Waals surface area contributed by atoms with Gasteiger partial charge in [-0.2, -0.15) is 0 Å². The van der Waals surface area contributed by atoms with Crippen molar-refractivity contribution >= 4 is 16.7 Å². The summed E-state index contributed by atoms with van der Waals surface area (Å²) in [6.07, 6.45) is 2.60. The maximum Gasteiger partial charge on any atom is 0.295 e. The van der Waals surface area contributed by atoms with Crippen molar-refractivity contribution in [1.82, 2.24) is 14.5 Å². The monoisotopic (exact) mass is 384 g/mol. The van der Waals surface area contributed by atoms with Crippen molar-refractivity contribution < 1.29 is 14.4 Å². The molecule has 0 spiro atoms. The van der Waals surface area contributed by atoms with Crippen LogP contribution in [0.3, 0.4) is 0 Å². The van der Waals surface area contributed by atoms with Gasteiger partial charge in [-0.1, -0.05) is 0 Å². The highest BCUT2D eigenvalue weighted by Gasteiger charge is 2.21. The van der Waals surface area contributed by atoms with Crippen LogP contribution in [-0.2, 0) is 0 Å². The average Bonchev–Trinajstić information content (AvgIpc) is 2.61. The van der Waals surface area contributed by atoms with Crippen molar-refractivity contribution in [3.63, 3.8) is 0 Å². The summed E-state index contributed by atoms with van der Waals surface area (Å²) in [5.74, 6) is 0.400. The van der Waals surface area contributed by atoms with E-state index in [9.17, 15) is 14.9 Å². The fourth-order valence-electron chi connectivity index (χ4n) is 2.57. The molecule has 0 unspecified atom stereocenters. The predicted octanol–water partition coefficient (Wildman–Crippen LogP) is 3.26. The Balaban J connectivity index is 2.25. The highest BCUT2D eigenvalue weighted by atomic mass is 16.6. The van der Waals surface area contributed by atoms with Crippen LogP contribution >= 0.6 is 0 Å². The Hall–Kier alpha value is -3.49. The van der Waals surface area contributed by atoms with Crippen LogP contribution in [-0.4, -0.2) is 31.7 Å². The van der Waals surface area contributed by atoms with E-state index in [-0.39, 0.29) is 40.8 Å². The van der Waals surface area contributed by atoms with Crippen LogP contribution in [0.15, 0.2) is 41.5 Å². The lowest BCUT2D eigenvalue weighted by Gasteiger charge is -2.16. The van der Waals surface area contributed by atoms with Gasteiger partial charge in [0.15, 0.2) is 5.43 Å². The van der Waals surface area contributed by atoms with E-state index in [0.717, 1.165) is 0 Å². The van der Waals surface area contributed by atoms with E-state index in [1.54, 1.807) is 0 Å². The number of hydrogen-bond acceptors (Lipinski definition) is 7. The van der Waals surface area contributed by atoms with Crippen LogP contribution in [0.1, 0.15) is 27.7 Å². The molecule has 0 radical (unpaired) electrons. The van der Waals surface area contributed by atoms with Gasteiger partial charge in [0.05, 0.1) is 22.6 Å². The van der Waals surface area contributed by atoms with Crippen molar-refractivity contribution in [1.29, 1.82) is 0 Å². The van der Waals surface area contributed by atoms with E-state index in [0.29, 0.717) is 11.0 Å². The Labute approximate surface area is 160 Å². The zero-order valence-electron chi connectivity index (χ0n) is 15.9. The molecule has 146 valence electrons. The number of nitro groups is 1. The van der Waals surface area contributed by atoms with Crippen molar-refractivity contribution in [3.8, 4) is 17.4 Å². The molecule has 1 aromatic carbocycles. The lowest BCUT2D eigenvalue weighted by atomic mass is 10.2. The molecule has 9 nitrogen and oxygen atoms in total. The van der Waals surface area contributed by atoms with Gasteiger partial charge < -0.3 is 14.0 Å². The first-order valence-electron chi connectivity index (χ1n) is 8.77. The molecule has 3 rings (SSSR count). The third-order valence-corrected chi connectivity index (χ3v) is 3.67. The minimum absolute atomic E-state index is 0.155. The van der Waals surface area contributed by atoms with Crippen molar-refractivity contribution in [2.75, 3.05) is 0 Å². The van der Waals surface area contributed by atoms with Crippen LogP contribution in [0.5, 0.6) is 11.8 Å². The zero-order chi connectivity index (χ0) is 20.4. The molecule has 9 heteroatoms. The molecule has 0 amide bonds. The standard InChI is InChI=1S/C19H20N4O5/c1-11(2)27-18-19(28-12(3)4)21-15-10-17(23(25)26)16(9-14(15)20-18)22-7-5-13(24)6-8-22/h5-12H,1-4H3. The van der Waals surface area contributed by atoms with E-state index in [1.807, 2.05) is 27.7 Å². The van der Waals surface area contributed by atoms with Crippen LogP contribution < -0.4 is 14.9 Å². The lowest BCUT2D eigenvalue weighted by Crippen LogP contribution is -2.13. The molecular weight excluding hydrogens is 364 g/mol. The number of nitrogens with zero attached hydrogens (tertiary/aromatic N) is 4. The summed E-state index contributed by atoms with van der Waals surface area (Å²) < 4.78 is 12.9. The van der Waals surface area contributed by atoms with Gasteiger partial charge in [0.25, 0.3) is 17.4 Å². The normalized spacial score (nSPS) is 11.2. The van der Waals surface area contributed by atoms with E-state index >= 15 is 0 Å². The number of hydrogen-bond donors (Lipinski definition) is 0. The van der Waals surface area contributed by atoms with Gasteiger partial charge in [-0.05, 0) is 33.8 Å². The Kier molecular flexibility index (Phi) is 5.25. The molecule has 0 fully saturated rings. The molecule has 0 atom stereocenters. The number of pyridine rings is 1. The van der Waals surface area contributed by atoms with Crippen molar-refractivity contribution in [2.24, 2.45) is 0 Å². The second kappa shape index (κ2) is 7.63. The predicted molar refractivity (Wildman–Crippen MR) is 103 cm³/mol. The highest BCUT2D eigenvalue weighted by molar-refractivity contribution is 5.82. The van der Waals surface area contributed by atoms with Crippen molar-refractivity contribution in [2.45, 2.75) is 39.9 Å². The Bertz CT molecular complexity index is 1070. The molecule has 0 aliphatic heterocycles. The van der Waals surface area contributed by atoms with Gasteiger partial charge in [-0.15, -0.1) is 0 Å². The summed E-state index contributed by atoms with van der Waals surface area (Å²) in [4.78, 5) is 31.3. The molecular formula is C19H20N4O5. The Morgan fingerprint density at radius 3 is 1.93 bits per heavy atom. The van der Waals surface area contributed by atoms with Crippen molar-refractivity contribution in [3.05, 3.63) is 57.0 Å². The number of nitro benzene ring substituents is 1. The second-order valence-corrected chi connectivity index (χ2v) is 6.69. The summed E-state index contributed by atoms with van der Waals surface area (Å²) in [5.41, 5.74) is 0.621. The number of benzene rings is 1. The second-order valence-electron chi connectivity index (χ2n) is 6.69. The maximum atomic E-state index is 11.6. The third-order valence-electron chi connectivity index (χ3n) is 3.67. The van der Waals surface area contributed by atoms with Gasteiger partial charge in [0, 0.05) is 30.6 Å². The Morgan fingerprint density at radius 1 is 0.964 bits per heavy atom. The summed E-state index contributed by atoms with van der Waals surface area (Å²) in [6.45, 7) is 7.39. The van der Waals surface area contributed by atoms with Gasteiger partial charge in [-0.25, -0.2) is 9.97 Å². The van der Waals surface area contributed by atoms with Crippen LogP contribution in [0.25, 0.3) is 16.7 Å². The number of aromatic nitrogens is 3. The number of fused-ring (bicyclic) bond motifs is 1. The van der Waals surface area contributed by atoms with Crippen LogP contribution in [0.2, 0.25) is 0 Å². The molecule has 2 aromatic heterocycles. The smallest absolute Gasteiger partial charge is 0.295 e. The number of rotatable bonds is 6. The summed E-state index contributed by atoms with van der Waals surface area (Å²) >= 11 is 0. The van der Waals surface area contributed by atoms with E-state index in [2.05, 4.69) is 9.97 Å². The summed E-state index contributed by atoms with van der Waals surface area (Å²) in [5, 5.41) is 11.6. The van der Waals surface area contributed by atoms with Gasteiger partial charge in [0.1, 0.15) is 11.2 Å². The molecule has 2 heterocycles. The largest absolute Gasteiger partial charge is 0.471 e. The molecule has 0 bridgehead atoms. The molecule has 0 N–H and O–H groups in total. The quantitative estimate of drug-likeness (QED) is 0.474. The Morgan fingerprint density at radius 2 is 1.46 bits per heavy atom. The average molecular weight is 384 g/mol. The van der Waals surface area contributed by atoms with E-state index < -0.39 is 4.92 Å². The molecule has 28 heavy (non-hydrogen) atoms. The zero-order valence-corrected chi connectivity index (χ0v) is 15.9. The topological polar surface area (TPSA) is 109 Å². The number of ether oxygens (including phenoxy) is 2. The van der Waals surface area contributed by atoms with Crippen LogP contribution in [0.4, 0.5) is 5.69 Å². The maximum absolute atomic E-state index is 11.6. The molecule has 0 saturated carbocycles. The fraction of sp³-hybridized carbons (Fsp3) is 0.316. The first kappa shape index (κ1) is 19.3. The van der Waals surface area contributed by atoms with E-state index in [1.165, 1.54) is 41.2 Å². The highest BCUT2D eigenvalue weighted by Crippen LogP contribution is 2.32. The van der Waals surface area contributed by atoms with Gasteiger partial charge in [0.2, 0.25) is 0 Å². The van der Waals surface area contributed by atoms with Gasteiger partial charge in [-0.3, -0.25) is 14.9 Å². The molecule has 0 aliphatic carbocycles. The first-order valence-corrected chi connectivity index (χ1v) is 8.77. The first-order chi connectivity index (χ1) is 13.2. The minimum Gasteiger partial charge on any atom is -0.471 e. The summed E-state index contributed by atoms with van der Waals surface area (Å²) in [7, 11) is 0. The lowest BCUT2D eigenvalue weighted by molar-refractivity contribution is -0.384. The SMILES string of the molecule is CC(C)Oc1nc2cc(-n3ccc(=O)cc3)c([N+](=O)[O-])cc2nc1OC(C)C. The third kappa shape index (κ3) is 4.08. The fourth-order valence-corrected chi connectivity index (χ4v) is 2.57. The van der Waals surface area contributed by atoms with E-state index in [4.69, 9.17) is 9.47 Å². The van der Waals surface area contributed by atoms with Gasteiger partial charge >= 0.3 is 0 Å².